The molecule has 0 aromatic heterocycles. The first-order valence-electron chi connectivity index (χ1n) is 11.1. The smallest absolute Gasteiger partial charge is 0.160 e. The molecule has 1 rings (SSSR count). The topological polar surface area (TPSA) is 44.5 Å². The lowest BCUT2D eigenvalue weighted by atomic mass is 9.97. The first-order chi connectivity index (χ1) is 12.2. The van der Waals surface area contributed by atoms with Crippen LogP contribution in [-0.4, -0.2) is 25.5 Å². The summed E-state index contributed by atoms with van der Waals surface area (Å²) in [5.74, 6) is 0.514. The second kappa shape index (κ2) is 18.7. The van der Waals surface area contributed by atoms with Crippen molar-refractivity contribution < 1.29 is 9.47 Å². The van der Waals surface area contributed by atoms with Gasteiger partial charge in [-0.2, -0.15) is 0 Å². The van der Waals surface area contributed by atoms with Gasteiger partial charge in [0, 0.05) is 25.2 Å². The molecule has 2 N–H and O–H groups in total. The van der Waals surface area contributed by atoms with Crippen molar-refractivity contribution in [2.24, 2.45) is 11.7 Å². The van der Waals surface area contributed by atoms with Crippen LogP contribution in [0.5, 0.6) is 0 Å². The molecule has 0 heterocycles. The van der Waals surface area contributed by atoms with Crippen LogP contribution in [0.15, 0.2) is 0 Å². The minimum absolute atomic E-state index is 0.0000846. The summed E-state index contributed by atoms with van der Waals surface area (Å²) < 4.78 is 11.3. The Labute approximate surface area is 158 Å². The van der Waals surface area contributed by atoms with Gasteiger partial charge in [-0.1, -0.05) is 78.1 Å². The predicted octanol–water partition coefficient (Wildman–Crippen LogP) is 6.44. The van der Waals surface area contributed by atoms with Crippen molar-refractivity contribution in [1.82, 2.24) is 0 Å². The van der Waals surface area contributed by atoms with Gasteiger partial charge in [0.25, 0.3) is 0 Å². The molecule has 152 valence electrons. The van der Waals surface area contributed by atoms with Gasteiger partial charge in [0.05, 0.1) is 0 Å². The Hall–Kier alpha value is -0.120. The molecule has 0 radical (unpaired) electrons. The molecule has 1 atom stereocenters. The van der Waals surface area contributed by atoms with Crippen LogP contribution >= 0.6 is 0 Å². The minimum Gasteiger partial charge on any atom is -0.353 e. The third kappa shape index (κ3) is 15.8. The molecule has 1 unspecified atom stereocenters. The fourth-order valence-electron chi connectivity index (χ4n) is 3.40. The second-order valence-corrected chi connectivity index (χ2v) is 7.56. The van der Waals surface area contributed by atoms with Crippen LogP contribution < -0.4 is 5.73 Å². The molecule has 1 fully saturated rings. The normalized spacial score (nSPS) is 16.6. The summed E-state index contributed by atoms with van der Waals surface area (Å²) in [7, 11) is 0. The van der Waals surface area contributed by atoms with Crippen molar-refractivity contribution in [3.05, 3.63) is 0 Å². The van der Waals surface area contributed by atoms with Crippen LogP contribution in [0, 0.1) is 5.92 Å². The standard InChI is InChI=1S/C16H34O2.C6H13N/c1-5-8-9-10-11-12-13-14-15(4)16(17-6-2)18-7-3;7-6-4-2-1-3-5-6/h15-16H,5-14H2,1-4H3;6H,1-5,7H2. The summed E-state index contributed by atoms with van der Waals surface area (Å²) in [6, 6.07) is 0.536. The minimum atomic E-state index is 0.0000846. The van der Waals surface area contributed by atoms with Gasteiger partial charge in [-0.15, -0.1) is 0 Å². The zero-order valence-electron chi connectivity index (χ0n) is 17.7. The molecular formula is C22H47NO2. The van der Waals surface area contributed by atoms with Crippen molar-refractivity contribution in [2.75, 3.05) is 13.2 Å². The van der Waals surface area contributed by atoms with Gasteiger partial charge in [-0.05, 0) is 33.1 Å². The van der Waals surface area contributed by atoms with E-state index < -0.39 is 0 Å². The zero-order valence-corrected chi connectivity index (χ0v) is 17.7. The Morgan fingerprint density at radius 2 is 1.32 bits per heavy atom. The summed E-state index contributed by atoms with van der Waals surface area (Å²) in [5, 5.41) is 0. The lowest BCUT2D eigenvalue weighted by Gasteiger charge is -2.23. The molecule has 0 aromatic rings. The van der Waals surface area contributed by atoms with Gasteiger partial charge in [0.2, 0.25) is 0 Å². The number of unbranched alkanes of at least 4 members (excludes halogenated alkanes) is 6. The SMILES string of the molecule is CCCCCCCCCC(C)C(OCC)OCC.NC1CCCCC1. The maximum atomic E-state index is 5.63. The Morgan fingerprint density at radius 1 is 0.800 bits per heavy atom. The number of hydrogen-bond acceptors (Lipinski definition) is 3. The second-order valence-electron chi connectivity index (χ2n) is 7.56. The summed E-state index contributed by atoms with van der Waals surface area (Å²) in [6.07, 6.45) is 17.5. The van der Waals surface area contributed by atoms with Gasteiger partial charge in [-0.3, -0.25) is 0 Å². The highest BCUT2D eigenvalue weighted by Gasteiger charge is 2.16. The largest absolute Gasteiger partial charge is 0.353 e. The maximum absolute atomic E-state index is 5.63. The van der Waals surface area contributed by atoms with Crippen LogP contribution in [0.1, 0.15) is 111 Å². The van der Waals surface area contributed by atoms with Crippen molar-refractivity contribution >= 4 is 0 Å². The molecule has 0 saturated heterocycles. The predicted molar refractivity (Wildman–Crippen MR) is 110 cm³/mol. The Kier molecular flexibility index (Phi) is 18.6. The summed E-state index contributed by atoms with van der Waals surface area (Å²) >= 11 is 0. The average Bonchev–Trinajstić information content (AvgIpc) is 2.62. The van der Waals surface area contributed by atoms with E-state index in [-0.39, 0.29) is 6.29 Å². The first kappa shape index (κ1) is 24.9. The highest BCUT2D eigenvalue weighted by atomic mass is 16.7. The van der Waals surface area contributed by atoms with E-state index in [0.29, 0.717) is 12.0 Å². The number of ether oxygens (including phenoxy) is 2. The highest BCUT2D eigenvalue weighted by molar-refractivity contribution is 4.66. The molecule has 0 aromatic carbocycles. The fraction of sp³-hybridized carbons (Fsp3) is 1.00. The third-order valence-corrected chi connectivity index (χ3v) is 5.04. The number of nitrogens with two attached hydrogens (primary N) is 1. The third-order valence-electron chi connectivity index (χ3n) is 5.04. The molecule has 1 saturated carbocycles. The van der Waals surface area contributed by atoms with Crippen molar-refractivity contribution in [3.8, 4) is 0 Å². The van der Waals surface area contributed by atoms with Crippen LogP contribution in [0.3, 0.4) is 0 Å². The zero-order chi connectivity index (χ0) is 18.8. The van der Waals surface area contributed by atoms with E-state index >= 15 is 0 Å². The van der Waals surface area contributed by atoms with Gasteiger partial charge in [0.15, 0.2) is 6.29 Å². The van der Waals surface area contributed by atoms with E-state index in [1.807, 2.05) is 13.8 Å². The molecule has 3 heteroatoms. The highest BCUT2D eigenvalue weighted by Crippen LogP contribution is 2.18. The first-order valence-corrected chi connectivity index (χ1v) is 11.1. The van der Waals surface area contributed by atoms with E-state index in [1.54, 1.807) is 0 Å². The van der Waals surface area contributed by atoms with Crippen LogP contribution in [0.4, 0.5) is 0 Å². The molecule has 3 nitrogen and oxygen atoms in total. The van der Waals surface area contributed by atoms with Gasteiger partial charge in [-0.25, -0.2) is 0 Å². The number of hydrogen-bond donors (Lipinski definition) is 1. The molecule has 0 amide bonds. The average molecular weight is 358 g/mol. The van der Waals surface area contributed by atoms with Gasteiger partial charge in [0.1, 0.15) is 0 Å². The van der Waals surface area contributed by atoms with Crippen LogP contribution in [0.25, 0.3) is 0 Å². The van der Waals surface area contributed by atoms with Gasteiger partial charge < -0.3 is 15.2 Å². The van der Waals surface area contributed by atoms with Crippen molar-refractivity contribution in [1.29, 1.82) is 0 Å². The van der Waals surface area contributed by atoms with E-state index in [4.69, 9.17) is 15.2 Å². The summed E-state index contributed by atoms with van der Waals surface area (Å²) in [4.78, 5) is 0. The van der Waals surface area contributed by atoms with Gasteiger partial charge >= 0.3 is 0 Å². The number of rotatable bonds is 13. The van der Waals surface area contributed by atoms with Crippen molar-refractivity contribution in [2.45, 2.75) is 123 Å². The Morgan fingerprint density at radius 3 is 1.76 bits per heavy atom. The molecule has 0 spiro atoms. The summed E-state index contributed by atoms with van der Waals surface area (Å²) in [5.41, 5.74) is 5.63. The lowest BCUT2D eigenvalue weighted by molar-refractivity contribution is -0.164. The fourth-order valence-corrected chi connectivity index (χ4v) is 3.40. The maximum Gasteiger partial charge on any atom is 0.160 e. The Balaban J connectivity index is 0.000000676. The quantitative estimate of drug-likeness (QED) is 0.305. The Bertz CT molecular complexity index is 248. The summed E-state index contributed by atoms with van der Waals surface area (Å²) in [6.45, 7) is 10.1. The molecule has 1 aliphatic carbocycles. The van der Waals surface area contributed by atoms with E-state index in [2.05, 4.69) is 13.8 Å². The molecular weight excluding hydrogens is 310 g/mol. The van der Waals surface area contributed by atoms with Crippen LogP contribution in [0.2, 0.25) is 0 Å². The molecule has 0 bridgehead atoms. The van der Waals surface area contributed by atoms with E-state index in [1.165, 1.54) is 83.5 Å². The van der Waals surface area contributed by atoms with E-state index in [9.17, 15) is 0 Å². The molecule has 0 aliphatic heterocycles. The lowest BCUT2D eigenvalue weighted by Crippen LogP contribution is -2.25. The van der Waals surface area contributed by atoms with Crippen LogP contribution in [-0.2, 0) is 9.47 Å². The van der Waals surface area contributed by atoms with E-state index in [0.717, 1.165) is 13.2 Å². The molecule has 1 aliphatic rings. The van der Waals surface area contributed by atoms with Crippen molar-refractivity contribution in [3.63, 3.8) is 0 Å². The molecule has 25 heavy (non-hydrogen) atoms. The monoisotopic (exact) mass is 357 g/mol.